The highest BCUT2D eigenvalue weighted by molar-refractivity contribution is 5.97. The van der Waals surface area contributed by atoms with Crippen LogP contribution >= 0.6 is 0 Å². The van der Waals surface area contributed by atoms with Crippen molar-refractivity contribution in [1.82, 2.24) is 10.2 Å². The number of rotatable bonds is 6. The number of carbonyl (C=O) groups excluding carboxylic acids is 1. The van der Waals surface area contributed by atoms with Crippen LogP contribution in [0, 0.1) is 0 Å². The quantitative estimate of drug-likeness (QED) is 0.611. The minimum atomic E-state index is -0.129. The van der Waals surface area contributed by atoms with Gasteiger partial charge in [0.25, 0.3) is 5.91 Å². The van der Waals surface area contributed by atoms with E-state index in [1.165, 1.54) is 25.9 Å². The Labute approximate surface area is 120 Å². The van der Waals surface area contributed by atoms with Crippen molar-refractivity contribution in [2.75, 3.05) is 39.0 Å². The van der Waals surface area contributed by atoms with E-state index in [0.717, 1.165) is 13.0 Å². The summed E-state index contributed by atoms with van der Waals surface area (Å²) < 4.78 is 5.18. The number of likely N-dealkylation sites (tertiary alicyclic amines) is 1. The molecule has 0 bridgehead atoms. The highest BCUT2D eigenvalue weighted by atomic mass is 16.5. The maximum absolute atomic E-state index is 12.1. The Hall–Kier alpha value is -1.75. The maximum atomic E-state index is 12.1. The lowest BCUT2D eigenvalue weighted by Gasteiger charge is -2.14. The van der Waals surface area contributed by atoms with Crippen LogP contribution in [-0.4, -0.2) is 44.1 Å². The van der Waals surface area contributed by atoms with E-state index < -0.39 is 0 Å². The average molecular weight is 277 g/mol. The molecule has 1 aliphatic rings. The second-order valence-corrected chi connectivity index (χ2v) is 5.12. The fourth-order valence-electron chi connectivity index (χ4n) is 2.51. The van der Waals surface area contributed by atoms with Gasteiger partial charge >= 0.3 is 0 Å². The minimum Gasteiger partial charge on any atom is -0.496 e. The van der Waals surface area contributed by atoms with Crippen LogP contribution in [-0.2, 0) is 0 Å². The molecule has 1 heterocycles. The number of hydrogen-bond acceptors (Lipinski definition) is 4. The van der Waals surface area contributed by atoms with Crippen LogP contribution in [0.3, 0.4) is 0 Å². The first-order chi connectivity index (χ1) is 9.70. The summed E-state index contributed by atoms with van der Waals surface area (Å²) in [6.07, 6.45) is 3.57. The Morgan fingerprint density at radius 3 is 2.85 bits per heavy atom. The van der Waals surface area contributed by atoms with Crippen LogP contribution in [0.15, 0.2) is 18.2 Å². The minimum absolute atomic E-state index is 0.129. The zero-order valence-corrected chi connectivity index (χ0v) is 12.0. The first-order valence-electron chi connectivity index (χ1n) is 7.15. The summed E-state index contributed by atoms with van der Waals surface area (Å²) in [6, 6.07) is 5.09. The Balaban J connectivity index is 1.80. The zero-order valence-electron chi connectivity index (χ0n) is 12.0. The molecule has 0 aromatic heterocycles. The van der Waals surface area contributed by atoms with Crippen molar-refractivity contribution in [1.29, 1.82) is 0 Å². The van der Waals surface area contributed by atoms with E-state index >= 15 is 0 Å². The molecule has 1 aliphatic heterocycles. The van der Waals surface area contributed by atoms with Gasteiger partial charge in [-0.2, -0.15) is 0 Å². The van der Waals surface area contributed by atoms with Crippen LogP contribution in [0.2, 0.25) is 0 Å². The van der Waals surface area contributed by atoms with Gasteiger partial charge in [0.05, 0.1) is 12.7 Å². The van der Waals surface area contributed by atoms with Gasteiger partial charge in [0, 0.05) is 12.2 Å². The molecule has 1 fully saturated rings. The van der Waals surface area contributed by atoms with Crippen molar-refractivity contribution in [2.24, 2.45) is 0 Å². The van der Waals surface area contributed by atoms with Gasteiger partial charge in [0.15, 0.2) is 0 Å². The number of hydrogen-bond donors (Lipinski definition) is 2. The van der Waals surface area contributed by atoms with Gasteiger partial charge < -0.3 is 20.7 Å². The summed E-state index contributed by atoms with van der Waals surface area (Å²) >= 11 is 0. The number of ether oxygens (including phenoxy) is 1. The standard InChI is InChI=1S/C15H23N3O2/c1-20-14-6-5-12(16)11-13(14)15(19)17-7-4-10-18-8-2-3-9-18/h5-6,11H,2-4,7-10,16H2,1H3,(H,17,19). The fraction of sp³-hybridized carbons (Fsp3) is 0.533. The third-order valence-corrected chi connectivity index (χ3v) is 3.60. The van der Waals surface area contributed by atoms with E-state index in [0.29, 0.717) is 23.5 Å². The predicted molar refractivity (Wildman–Crippen MR) is 80.0 cm³/mol. The number of nitrogens with zero attached hydrogens (tertiary/aromatic N) is 1. The number of nitrogens with two attached hydrogens (primary N) is 1. The maximum Gasteiger partial charge on any atom is 0.255 e. The number of methoxy groups -OCH3 is 1. The van der Waals surface area contributed by atoms with Crippen molar-refractivity contribution in [3.63, 3.8) is 0 Å². The molecule has 0 radical (unpaired) electrons. The van der Waals surface area contributed by atoms with Crippen LogP contribution < -0.4 is 15.8 Å². The number of nitrogen functional groups attached to an aromatic ring is 1. The SMILES string of the molecule is COc1ccc(N)cc1C(=O)NCCCN1CCCC1. The van der Waals surface area contributed by atoms with Gasteiger partial charge in [-0.15, -0.1) is 0 Å². The Bertz CT molecular complexity index is 456. The molecule has 0 aliphatic carbocycles. The average Bonchev–Trinajstić information content (AvgIpc) is 2.96. The van der Waals surface area contributed by atoms with Gasteiger partial charge in [-0.25, -0.2) is 0 Å². The molecule has 5 nitrogen and oxygen atoms in total. The molecule has 20 heavy (non-hydrogen) atoms. The monoisotopic (exact) mass is 277 g/mol. The van der Waals surface area contributed by atoms with Gasteiger partial charge in [-0.1, -0.05) is 0 Å². The molecule has 1 aromatic rings. The third kappa shape index (κ3) is 3.87. The van der Waals surface area contributed by atoms with E-state index in [-0.39, 0.29) is 5.91 Å². The summed E-state index contributed by atoms with van der Waals surface area (Å²) in [5.41, 5.74) is 6.77. The van der Waals surface area contributed by atoms with Crippen molar-refractivity contribution in [3.8, 4) is 5.75 Å². The lowest BCUT2D eigenvalue weighted by Crippen LogP contribution is -2.29. The molecule has 2 rings (SSSR count). The molecular formula is C15H23N3O2. The zero-order chi connectivity index (χ0) is 14.4. The molecule has 0 atom stereocenters. The molecule has 0 spiro atoms. The van der Waals surface area contributed by atoms with E-state index in [9.17, 15) is 4.79 Å². The molecule has 0 saturated carbocycles. The molecule has 0 unspecified atom stereocenters. The number of nitrogens with one attached hydrogen (secondary N) is 1. The predicted octanol–water partition coefficient (Wildman–Crippen LogP) is 1.49. The van der Waals surface area contributed by atoms with Crippen LogP contribution in [0.5, 0.6) is 5.75 Å². The molecule has 1 aromatic carbocycles. The summed E-state index contributed by atoms with van der Waals surface area (Å²) in [4.78, 5) is 14.6. The Kier molecular flexibility index (Phi) is 5.24. The first kappa shape index (κ1) is 14.7. The van der Waals surface area contributed by atoms with Crippen molar-refractivity contribution in [2.45, 2.75) is 19.3 Å². The molecule has 1 amide bonds. The molecule has 3 N–H and O–H groups in total. The molecule has 1 saturated heterocycles. The second-order valence-electron chi connectivity index (χ2n) is 5.12. The van der Waals surface area contributed by atoms with E-state index in [1.807, 2.05) is 0 Å². The van der Waals surface area contributed by atoms with E-state index in [2.05, 4.69) is 10.2 Å². The molecule has 5 heteroatoms. The summed E-state index contributed by atoms with van der Waals surface area (Å²) in [5, 5.41) is 2.92. The van der Waals surface area contributed by atoms with Gasteiger partial charge in [-0.3, -0.25) is 4.79 Å². The lowest BCUT2D eigenvalue weighted by atomic mass is 10.1. The van der Waals surface area contributed by atoms with Crippen molar-refractivity contribution < 1.29 is 9.53 Å². The van der Waals surface area contributed by atoms with Crippen molar-refractivity contribution >= 4 is 11.6 Å². The number of anilines is 1. The molecular weight excluding hydrogens is 254 g/mol. The number of carbonyl (C=O) groups is 1. The van der Waals surface area contributed by atoms with Crippen LogP contribution in [0.25, 0.3) is 0 Å². The largest absolute Gasteiger partial charge is 0.496 e. The fourth-order valence-corrected chi connectivity index (χ4v) is 2.51. The highest BCUT2D eigenvalue weighted by Gasteiger charge is 2.13. The van der Waals surface area contributed by atoms with Gasteiger partial charge in [-0.05, 0) is 57.1 Å². The number of amides is 1. The topological polar surface area (TPSA) is 67.6 Å². The Morgan fingerprint density at radius 1 is 1.40 bits per heavy atom. The normalized spacial score (nSPS) is 15.2. The lowest BCUT2D eigenvalue weighted by molar-refractivity contribution is 0.0949. The van der Waals surface area contributed by atoms with Gasteiger partial charge in [0.2, 0.25) is 0 Å². The van der Waals surface area contributed by atoms with Crippen LogP contribution in [0.4, 0.5) is 5.69 Å². The first-order valence-corrected chi connectivity index (χ1v) is 7.15. The Morgan fingerprint density at radius 2 is 2.15 bits per heavy atom. The number of benzene rings is 1. The smallest absolute Gasteiger partial charge is 0.255 e. The summed E-state index contributed by atoms with van der Waals surface area (Å²) in [7, 11) is 1.55. The third-order valence-electron chi connectivity index (χ3n) is 3.60. The van der Waals surface area contributed by atoms with Crippen LogP contribution in [0.1, 0.15) is 29.6 Å². The summed E-state index contributed by atoms with van der Waals surface area (Å²) in [5.74, 6) is 0.423. The van der Waals surface area contributed by atoms with Crippen molar-refractivity contribution in [3.05, 3.63) is 23.8 Å². The van der Waals surface area contributed by atoms with Gasteiger partial charge in [0.1, 0.15) is 5.75 Å². The van der Waals surface area contributed by atoms with E-state index in [1.54, 1.807) is 25.3 Å². The van der Waals surface area contributed by atoms with E-state index in [4.69, 9.17) is 10.5 Å². The molecule has 110 valence electrons. The second kappa shape index (κ2) is 7.14. The highest BCUT2D eigenvalue weighted by Crippen LogP contribution is 2.20. The summed E-state index contributed by atoms with van der Waals surface area (Å²) in [6.45, 7) is 4.11.